The van der Waals surface area contributed by atoms with Gasteiger partial charge in [0.1, 0.15) is 11.6 Å². The lowest BCUT2D eigenvalue weighted by Crippen LogP contribution is -2.36. The van der Waals surface area contributed by atoms with E-state index in [2.05, 4.69) is 61.3 Å². The van der Waals surface area contributed by atoms with Gasteiger partial charge in [0.2, 0.25) is 0 Å². The van der Waals surface area contributed by atoms with Gasteiger partial charge < -0.3 is 9.47 Å². The Morgan fingerprint density at radius 2 is 2.07 bits per heavy atom. The number of hydrogen-bond acceptors (Lipinski definition) is 5. The van der Waals surface area contributed by atoms with Crippen LogP contribution in [-0.2, 0) is 6.54 Å². The third kappa shape index (κ3) is 3.32. The minimum Gasteiger partial charge on any atom is -0.356 e. The zero-order valence-electron chi connectivity index (χ0n) is 15.0. The Kier molecular flexibility index (Phi) is 4.33. The molecule has 0 saturated carbocycles. The van der Waals surface area contributed by atoms with E-state index in [0.717, 1.165) is 55.3 Å². The summed E-state index contributed by atoms with van der Waals surface area (Å²) in [4.78, 5) is 16.4. The molecule has 1 aliphatic heterocycles. The zero-order valence-corrected chi connectivity index (χ0v) is 15.8. The molecule has 3 aromatic heterocycles. The maximum Gasteiger partial charge on any atom is 0.129 e. The van der Waals surface area contributed by atoms with E-state index in [-0.39, 0.29) is 0 Å². The Balaban J connectivity index is 1.38. The molecule has 5 rings (SSSR count). The molecule has 6 heteroatoms. The predicted molar refractivity (Wildman–Crippen MR) is 109 cm³/mol. The quantitative estimate of drug-likeness (QED) is 0.533. The summed E-state index contributed by atoms with van der Waals surface area (Å²) in [6, 6.07) is 12.6. The summed E-state index contributed by atoms with van der Waals surface area (Å²) < 4.78 is 2.25. The van der Waals surface area contributed by atoms with Crippen molar-refractivity contribution in [3.63, 3.8) is 0 Å². The number of thiazole rings is 1. The topological polar surface area (TPSA) is 46.8 Å². The molecule has 1 aromatic carbocycles. The van der Waals surface area contributed by atoms with Crippen LogP contribution in [0.1, 0.15) is 30.3 Å². The Morgan fingerprint density at radius 1 is 1.11 bits per heavy atom. The van der Waals surface area contributed by atoms with Gasteiger partial charge in [-0.3, -0.25) is 0 Å². The van der Waals surface area contributed by atoms with Crippen molar-refractivity contribution in [2.75, 3.05) is 18.0 Å². The second-order valence-electron chi connectivity index (χ2n) is 7.04. The van der Waals surface area contributed by atoms with Gasteiger partial charge in [-0.25, -0.2) is 15.0 Å². The standard InChI is InChI=1S/C21H21N5S/c1-2-6-19-16(4-1)7-8-20(24-19)25-10-3-5-17(12-25)21-22-9-11-26(21)13-18-14-27-15-23-18/h1-2,4,6-9,11,14-15,17H,3,5,10,12-13H2/t17-/m0/s1. The number of para-hydroxylation sites is 1. The fourth-order valence-corrected chi connectivity index (χ4v) is 4.48. The minimum atomic E-state index is 0.417. The van der Waals surface area contributed by atoms with Gasteiger partial charge in [0.25, 0.3) is 0 Å². The van der Waals surface area contributed by atoms with Gasteiger partial charge in [0.15, 0.2) is 0 Å². The predicted octanol–water partition coefficient (Wildman–Crippen LogP) is 4.32. The van der Waals surface area contributed by atoms with E-state index in [4.69, 9.17) is 4.98 Å². The first-order valence-electron chi connectivity index (χ1n) is 9.36. The van der Waals surface area contributed by atoms with E-state index < -0.39 is 0 Å². The fraction of sp³-hybridized carbons (Fsp3) is 0.286. The highest BCUT2D eigenvalue weighted by atomic mass is 32.1. The SMILES string of the molecule is c1ccc2nc(N3CCC[C@H](c4nccn4Cc4cscn4)C3)ccc2c1. The third-order valence-electron chi connectivity index (χ3n) is 5.26. The lowest BCUT2D eigenvalue weighted by atomic mass is 9.97. The van der Waals surface area contributed by atoms with Crippen LogP contribution < -0.4 is 4.90 Å². The number of pyridine rings is 1. The largest absolute Gasteiger partial charge is 0.356 e. The highest BCUT2D eigenvalue weighted by Crippen LogP contribution is 2.29. The van der Waals surface area contributed by atoms with Crippen LogP contribution in [0, 0.1) is 0 Å². The number of hydrogen-bond donors (Lipinski definition) is 0. The molecule has 4 aromatic rings. The Morgan fingerprint density at radius 3 is 3.00 bits per heavy atom. The number of nitrogens with zero attached hydrogens (tertiary/aromatic N) is 5. The second kappa shape index (κ2) is 7.12. The number of aromatic nitrogens is 4. The van der Waals surface area contributed by atoms with E-state index in [1.165, 1.54) is 5.39 Å². The first kappa shape index (κ1) is 16.4. The van der Waals surface area contributed by atoms with Crippen LogP contribution in [0.2, 0.25) is 0 Å². The van der Waals surface area contributed by atoms with Crippen LogP contribution in [0.5, 0.6) is 0 Å². The number of rotatable bonds is 4. The molecule has 0 radical (unpaired) electrons. The van der Waals surface area contributed by atoms with Crippen LogP contribution in [0.15, 0.2) is 59.7 Å². The van der Waals surface area contributed by atoms with Crippen LogP contribution >= 0.6 is 11.3 Å². The van der Waals surface area contributed by atoms with Crippen molar-refractivity contribution in [3.8, 4) is 0 Å². The molecule has 0 N–H and O–H groups in total. The van der Waals surface area contributed by atoms with Gasteiger partial charge in [-0.2, -0.15) is 0 Å². The smallest absolute Gasteiger partial charge is 0.129 e. The summed E-state index contributed by atoms with van der Waals surface area (Å²) in [7, 11) is 0. The van der Waals surface area contributed by atoms with Crippen LogP contribution in [-0.4, -0.2) is 32.6 Å². The van der Waals surface area contributed by atoms with E-state index in [1.807, 2.05) is 17.8 Å². The van der Waals surface area contributed by atoms with Crippen molar-refractivity contribution >= 4 is 28.1 Å². The molecule has 1 saturated heterocycles. The number of fused-ring (bicyclic) bond motifs is 1. The first-order valence-corrected chi connectivity index (χ1v) is 10.3. The maximum absolute atomic E-state index is 4.89. The molecule has 0 amide bonds. The number of benzene rings is 1. The molecule has 4 heterocycles. The van der Waals surface area contributed by atoms with Crippen LogP contribution in [0.4, 0.5) is 5.82 Å². The summed E-state index contributed by atoms with van der Waals surface area (Å²) in [5.41, 5.74) is 4.05. The Labute approximate surface area is 162 Å². The van der Waals surface area contributed by atoms with Gasteiger partial charge in [0.05, 0.1) is 23.3 Å². The molecule has 0 bridgehead atoms. The van der Waals surface area contributed by atoms with Gasteiger partial charge in [-0.1, -0.05) is 18.2 Å². The summed E-state index contributed by atoms with van der Waals surface area (Å²) in [5.74, 6) is 2.64. The summed E-state index contributed by atoms with van der Waals surface area (Å²) in [5, 5.41) is 3.30. The number of piperidine rings is 1. The monoisotopic (exact) mass is 375 g/mol. The molecular weight excluding hydrogens is 354 g/mol. The minimum absolute atomic E-state index is 0.417. The zero-order chi connectivity index (χ0) is 18.1. The van der Waals surface area contributed by atoms with Gasteiger partial charge in [-0.15, -0.1) is 11.3 Å². The molecule has 1 aliphatic rings. The molecular formula is C21H21N5S. The van der Waals surface area contributed by atoms with Crippen molar-refractivity contribution in [3.05, 3.63) is 71.2 Å². The summed E-state index contributed by atoms with van der Waals surface area (Å²) in [6.07, 6.45) is 6.30. The molecule has 27 heavy (non-hydrogen) atoms. The highest BCUT2D eigenvalue weighted by Gasteiger charge is 2.25. The molecule has 0 spiro atoms. The average molecular weight is 376 g/mol. The molecule has 1 atom stereocenters. The van der Waals surface area contributed by atoms with E-state index in [0.29, 0.717) is 5.92 Å². The highest BCUT2D eigenvalue weighted by molar-refractivity contribution is 7.07. The van der Waals surface area contributed by atoms with Gasteiger partial charge in [0, 0.05) is 42.2 Å². The van der Waals surface area contributed by atoms with Gasteiger partial charge in [-0.05, 0) is 31.0 Å². The van der Waals surface area contributed by atoms with E-state index in [1.54, 1.807) is 11.3 Å². The van der Waals surface area contributed by atoms with E-state index >= 15 is 0 Å². The van der Waals surface area contributed by atoms with Crippen molar-refractivity contribution in [1.82, 2.24) is 19.5 Å². The van der Waals surface area contributed by atoms with Crippen molar-refractivity contribution in [1.29, 1.82) is 0 Å². The van der Waals surface area contributed by atoms with Crippen LogP contribution in [0.3, 0.4) is 0 Å². The normalized spacial score (nSPS) is 17.5. The van der Waals surface area contributed by atoms with Crippen LogP contribution in [0.25, 0.3) is 10.9 Å². The molecule has 0 unspecified atom stereocenters. The fourth-order valence-electron chi connectivity index (χ4n) is 3.93. The lowest BCUT2D eigenvalue weighted by molar-refractivity contribution is 0.474. The number of imidazole rings is 1. The van der Waals surface area contributed by atoms with Crippen molar-refractivity contribution < 1.29 is 0 Å². The van der Waals surface area contributed by atoms with Crippen molar-refractivity contribution in [2.45, 2.75) is 25.3 Å². The second-order valence-corrected chi connectivity index (χ2v) is 7.76. The van der Waals surface area contributed by atoms with E-state index in [9.17, 15) is 0 Å². The molecule has 5 nitrogen and oxygen atoms in total. The van der Waals surface area contributed by atoms with Gasteiger partial charge >= 0.3 is 0 Å². The molecule has 0 aliphatic carbocycles. The average Bonchev–Trinajstić information content (AvgIpc) is 3.40. The Bertz CT molecular complexity index is 1040. The molecule has 136 valence electrons. The lowest BCUT2D eigenvalue weighted by Gasteiger charge is -2.33. The van der Waals surface area contributed by atoms with Crippen molar-refractivity contribution in [2.24, 2.45) is 0 Å². The third-order valence-corrected chi connectivity index (χ3v) is 5.89. The molecule has 1 fully saturated rings. The summed E-state index contributed by atoms with van der Waals surface area (Å²) >= 11 is 1.64. The Hall–Kier alpha value is -2.73. The maximum atomic E-state index is 4.89. The first-order chi connectivity index (χ1) is 13.4. The summed E-state index contributed by atoms with van der Waals surface area (Å²) in [6.45, 7) is 2.80. The number of anilines is 1.